The SMILES string of the molecule is Cc1cc(CC2(O)CCc3cc(Br)ccc3C2)n(C)n1. The van der Waals surface area contributed by atoms with Crippen LogP contribution in [0.25, 0.3) is 0 Å². The fraction of sp³-hybridized carbons (Fsp3) is 0.438. The summed E-state index contributed by atoms with van der Waals surface area (Å²) < 4.78 is 2.99. The number of halogens is 1. The van der Waals surface area contributed by atoms with Crippen LogP contribution in [0.3, 0.4) is 0 Å². The second kappa shape index (κ2) is 5.01. The lowest BCUT2D eigenvalue weighted by Gasteiger charge is -2.33. The van der Waals surface area contributed by atoms with E-state index in [1.807, 2.05) is 18.7 Å². The minimum Gasteiger partial charge on any atom is -0.389 e. The van der Waals surface area contributed by atoms with Gasteiger partial charge in [-0.2, -0.15) is 5.10 Å². The van der Waals surface area contributed by atoms with Crippen molar-refractivity contribution >= 4 is 15.9 Å². The molecule has 1 aromatic carbocycles. The van der Waals surface area contributed by atoms with E-state index in [2.05, 4.69) is 45.3 Å². The molecule has 1 heterocycles. The summed E-state index contributed by atoms with van der Waals surface area (Å²) in [5.74, 6) is 0. The Hall–Kier alpha value is -1.13. The highest BCUT2D eigenvalue weighted by Crippen LogP contribution is 2.32. The molecule has 0 saturated heterocycles. The van der Waals surface area contributed by atoms with Crippen LogP contribution in [0.5, 0.6) is 0 Å². The van der Waals surface area contributed by atoms with Gasteiger partial charge in [0, 0.05) is 30.1 Å². The zero-order valence-electron chi connectivity index (χ0n) is 11.9. The lowest BCUT2D eigenvalue weighted by Crippen LogP contribution is -2.38. The first-order valence-electron chi connectivity index (χ1n) is 6.94. The van der Waals surface area contributed by atoms with Crippen LogP contribution in [0, 0.1) is 6.92 Å². The maximum atomic E-state index is 10.9. The summed E-state index contributed by atoms with van der Waals surface area (Å²) in [5, 5.41) is 15.3. The van der Waals surface area contributed by atoms with Gasteiger partial charge >= 0.3 is 0 Å². The van der Waals surface area contributed by atoms with Crippen LogP contribution in [-0.2, 0) is 26.3 Å². The molecule has 3 nitrogen and oxygen atoms in total. The van der Waals surface area contributed by atoms with Crippen molar-refractivity contribution in [1.82, 2.24) is 9.78 Å². The highest BCUT2D eigenvalue weighted by atomic mass is 79.9. The largest absolute Gasteiger partial charge is 0.389 e. The number of rotatable bonds is 2. The number of fused-ring (bicyclic) bond motifs is 1. The Bertz CT molecular complexity index is 650. The third-order valence-electron chi connectivity index (χ3n) is 4.16. The number of nitrogens with zero attached hydrogens (tertiary/aromatic N) is 2. The van der Waals surface area contributed by atoms with E-state index in [1.165, 1.54) is 11.1 Å². The standard InChI is InChI=1S/C16H19BrN2O/c1-11-7-15(19(2)18-11)10-16(20)6-5-12-8-14(17)4-3-13(12)9-16/h3-4,7-8,20H,5-6,9-10H2,1-2H3. The maximum absolute atomic E-state index is 10.9. The molecule has 0 spiro atoms. The summed E-state index contributed by atoms with van der Waals surface area (Å²) in [7, 11) is 1.94. The first-order chi connectivity index (χ1) is 9.45. The van der Waals surface area contributed by atoms with E-state index in [4.69, 9.17) is 0 Å². The molecule has 20 heavy (non-hydrogen) atoms. The summed E-state index contributed by atoms with van der Waals surface area (Å²) >= 11 is 3.51. The van der Waals surface area contributed by atoms with E-state index in [1.54, 1.807) is 0 Å². The van der Waals surface area contributed by atoms with Crippen LogP contribution in [-0.4, -0.2) is 20.5 Å². The second-order valence-corrected chi connectivity index (χ2v) is 6.81. The highest BCUT2D eigenvalue weighted by molar-refractivity contribution is 9.10. The van der Waals surface area contributed by atoms with Gasteiger partial charge in [0.15, 0.2) is 0 Å². The van der Waals surface area contributed by atoms with Gasteiger partial charge in [-0.15, -0.1) is 0 Å². The predicted molar refractivity (Wildman–Crippen MR) is 82.8 cm³/mol. The fourth-order valence-corrected chi connectivity index (χ4v) is 3.54. The molecule has 0 bridgehead atoms. The van der Waals surface area contributed by atoms with E-state index < -0.39 is 5.60 Å². The van der Waals surface area contributed by atoms with Crippen LogP contribution in [0.4, 0.5) is 0 Å². The monoisotopic (exact) mass is 334 g/mol. The van der Waals surface area contributed by atoms with Gasteiger partial charge in [-0.3, -0.25) is 4.68 Å². The predicted octanol–water partition coefficient (Wildman–Crippen LogP) is 2.95. The smallest absolute Gasteiger partial charge is 0.0746 e. The van der Waals surface area contributed by atoms with Crippen molar-refractivity contribution in [3.8, 4) is 0 Å². The van der Waals surface area contributed by atoms with Crippen LogP contribution in [0.1, 0.15) is 28.9 Å². The highest BCUT2D eigenvalue weighted by Gasteiger charge is 2.33. The van der Waals surface area contributed by atoms with Crippen molar-refractivity contribution in [3.05, 3.63) is 51.3 Å². The number of hydrogen-bond acceptors (Lipinski definition) is 2. The summed E-state index contributed by atoms with van der Waals surface area (Å²) in [6, 6.07) is 8.41. The molecule has 4 heteroatoms. The maximum Gasteiger partial charge on any atom is 0.0746 e. The van der Waals surface area contributed by atoms with Crippen molar-refractivity contribution in [2.24, 2.45) is 7.05 Å². The van der Waals surface area contributed by atoms with Crippen LogP contribution in [0.15, 0.2) is 28.7 Å². The molecule has 1 atom stereocenters. The molecule has 1 aliphatic rings. The van der Waals surface area contributed by atoms with E-state index >= 15 is 0 Å². The molecular formula is C16H19BrN2O. The van der Waals surface area contributed by atoms with Crippen molar-refractivity contribution in [3.63, 3.8) is 0 Å². The zero-order chi connectivity index (χ0) is 14.3. The van der Waals surface area contributed by atoms with Gasteiger partial charge in [-0.1, -0.05) is 22.0 Å². The van der Waals surface area contributed by atoms with Gasteiger partial charge < -0.3 is 5.11 Å². The molecule has 1 unspecified atom stereocenters. The molecule has 3 rings (SSSR count). The van der Waals surface area contributed by atoms with E-state index in [0.29, 0.717) is 6.42 Å². The molecular weight excluding hydrogens is 316 g/mol. The van der Waals surface area contributed by atoms with E-state index in [0.717, 1.165) is 35.1 Å². The number of benzene rings is 1. The average Bonchev–Trinajstić information content (AvgIpc) is 2.68. The van der Waals surface area contributed by atoms with Gasteiger partial charge in [-0.25, -0.2) is 0 Å². The molecule has 0 fully saturated rings. The normalized spacial score (nSPS) is 21.8. The Morgan fingerprint density at radius 1 is 1.35 bits per heavy atom. The third-order valence-corrected chi connectivity index (χ3v) is 4.65. The Morgan fingerprint density at radius 2 is 2.15 bits per heavy atom. The van der Waals surface area contributed by atoms with Gasteiger partial charge in [0.2, 0.25) is 0 Å². The van der Waals surface area contributed by atoms with Crippen molar-refractivity contribution in [2.45, 2.75) is 38.2 Å². The Morgan fingerprint density at radius 3 is 2.85 bits per heavy atom. The molecule has 1 aromatic heterocycles. The van der Waals surface area contributed by atoms with Gasteiger partial charge in [0.1, 0.15) is 0 Å². The van der Waals surface area contributed by atoms with Gasteiger partial charge in [0.25, 0.3) is 0 Å². The van der Waals surface area contributed by atoms with Crippen molar-refractivity contribution in [1.29, 1.82) is 0 Å². The van der Waals surface area contributed by atoms with E-state index in [9.17, 15) is 5.11 Å². The van der Waals surface area contributed by atoms with Crippen LogP contribution < -0.4 is 0 Å². The lowest BCUT2D eigenvalue weighted by molar-refractivity contribution is 0.0250. The van der Waals surface area contributed by atoms with Crippen molar-refractivity contribution < 1.29 is 5.11 Å². The molecule has 2 aromatic rings. The molecule has 0 aliphatic heterocycles. The zero-order valence-corrected chi connectivity index (χ0v) is 13.4. The second-order valence-electron chi connectivity index (χ2n) is 5.89. The first-order valence-corrected chi connectivity index (χ1v) is 7.74. The molecule has 0 radical (unpaired) electrons. The Labute approximate surface area is 127 Å². The van der Waals surface area contributed by atoms with E-state index in [-0.39, 0.29) is 0 Å². The molecule has 1 N–H and O–H groups in total. The number of aliphatic hydroxyl groups is 1. The molecule has 1 aliphatic carbocycles. The average molecular weight is 335 g/mol. The molecule has 0 amide bonds. The quantitative estimate of drug-likeness (QED) is 0.916. The summed E-state index contributed by atoms with van der Waals surface area (Å²) in [6.07, 6.45) is 3.13. The summed E-state index contributed by atoms with van der Waals surface area (Å²) in [6.45, 7) is 1.99. The topological polar surface area (TPSA) is 38.0 Å². The Kier molecular flexibility index (Phi) is 3.46. The minimum absolute atomic E-state index is 0.652. The number of aromatic nitrogens is 2. The number of hydrogen-bond donors (Lipinski definition) is 1. The van der Waals surface area contributed by atoms with Crippen LogP contribution in [0.2, 0.25) is 0 Å². The lowest BCUT2D eigenvalue weighted by atomic mass is 9.78. The Balaban J connectivity index is 1.84. The summed E-state index contributed by atoms with van der Waals surface area (Å²) in [5.41, 5.74) is 4.07. The molecule has 106 valence electrons. The van der Waals surface area contributed by atoms with Gasteiger partial charge in [0.05, 0.1) is 11.3 Å². The van der Waals surface area contributed by atoms with Crippen molar-refractivity contribution in [2.75, 3.05) is 0 Å². The first kappa shape index (κ1) is 13.8. The molecule has 0 saturated carbocycles. The van der Waals surface area contributed by atoms with Gasteiger partial charge in [-0.05, 0) is 49.1 Å². The minimum atomic E-state index is -0.652. The fourth-order valence-electron chi connectivity index (χ4n) is 3.13. The third kappa shape index (κ3) is 2.67. The van der Waals surface area contributed by atoms with Crippen LogP contribution >= 0.6 is 15.9 Å². The number of aryl methyl sites for hydroxylation is 3. The summed E-state index contributed by atoms with van der Waals surface area (Å²) in [4.78, 5) is 0.